The molecule has 1 aliphatic heterocycles. The molecule has 0 radical (unpaired) electrons. The Morgan fingerprint density at radius 1 is 0.795 bits per heavy atom. The molecular formula is C54H62N2O17. The molecule has 3 aromatic rings. The summed E-state index contributed by atoms with van der Waals surface area (Å²) >= 11 is 0. The number of hydrogen-bond donors (Lipinski definition) is 5. The van der Waals surface area contributed by atoms with Gasteiger partial charge in [0.2, 0.25) is 0 Å². The summed E-state index contributed by atoms with van der Waals surface area (Å²) in [5.74, 6) is -8.22. The highest BCUT2D eigenvalue weighted by molar-refractivity contribution is 5.96. The van der Waals surface area contributed by atoms with Crippen LogP contribution >= 0.6 is 0 Å². The van der Waals surface area contributed by atoms with E-state index in [1.54, 1.807) is 78.9 Å². The van der Waals surface area contributed by atoms with Crippen molar-refractivity contribution in [3.8, 4) is 0 Å². The van der Waals surface area contributed by atoms with Gasteiger partial charge in [0.25, 0.3) is 5.91 Å². The fourth-order valence-corrected chi connectivity index (χ4v) is 11.3. The molecular weight excluding hydrogens is 949 g/mol. The first-order valence-electron chi connectivity index (χ1n) is 24.2. The number of rotatable bonds is 17. The Balaban J connectivity index is 1.37. The minimum Gasteiger partial charge on any atom is -0.481 e. The molecule has 4 unspecified atom stereocenters. The number of fused-ring (bicyclic) bond motifs is 5. The number of carbonyl (C=O) groups excluding carboxylic acids is 7. The van der Waals surface area contributed by atoms with Crippen molar-refractivity contribution >= 4 is 47.6 Å². The average Bonchev–Trinajstić information content (AvgIpc) is 3.35. The van der Waals surface area contributed by atoms with Gasteiger partial charge >= 0.3 is 35.9 Å². The number of alkyl carbamates (subject to hydrolysis) is 1. The van der Waals surface area contributed by atoms with Gasteiger partial charge in [0.05, 0.1) is 29.5 Å². The molecule has 0 spiro atoms. The van der Waals surface area contributed by atoms with E-state index in [9.17, 15) is 43.8 Å². The number of benzene rings is 3. The van der Waals surface area contributed by atoms with E-state index < -0.39 is 131 Å². The number of esters is 4. The summed E-state index contributed by atoms with van der Waals surface area (Å²) in [6.07, 6.45) is -10.9. The molecule has 19 heteroatoms. The molecule has 2 amide bonds. The monoisotopic (exact) mass is 1010 g/mol. The summed E-state index contributed by atoms with van der Waals surface area (Å²) in [5, 5.41) is 40.3. The van der Waals surface area contributed by atoms with Crippen LogP contribution in [0, 0.1) is 16.7 Å². The van der Waals surface area contributed by atoms with E-state index in [0.29, 0.717) is 24.8 Å². The van der Waals surface area contributed by atoms with E-state index in [1.165, 1.54) is 39.8 Å². The lowest BCUT2D eigenvalue weighted by molar-refractivity contribution is -0.345. The van der Waals surface area contributed by atoms with Crippen LogP contribution < -0.4 is 10.6 Å². The van der Waals surface area contributed by atoms with Crippen LogP contribution in [0.2, 0.25) is 0 Å². The molecule has 73 heavy (non-hydrogen) atoms. The average molecular weight is 1010 g/mol. The highest BCUT2D eigenvalue weighted by Gasteiger charge is 2.79. The van der Waals surface area contributed by atoms with Gasteiger partial charge in [-0.05, 0) is 67.7 Å². The van der Waals surface area contributed by atoms with Crippen molar-refractivity contribution in [2.24, 2.45) is 16.7 Å². The number of ether oxygens (including phenoxy) is 6. The molecule has 1 heterocycles. The summed E-state index contributed by atoms with van der Waals surface area (Å²) in [6, 6.07) is 22.6. The topological polar surface area (TPSA) is 277 Å². The van der Waals surface area contributed by atoms with Crippen LogP contribution in [0.4, 0.5) is 4.79 Å². The van der Waals surface area contributed by atoms with Crippen molar-refractivity contribution in [3.05, 3.63) is 119 Å². The van der Waals surface area contributed by atoms with Crippen molar-refractivity contribution in [1.82, 2.24) is 10.6 Å². The zero-order valence-corrected chi connectivity index (χ0v) is 41.5. The predicted molar refractivity (Wildman–Crippen MR) is 256 cm³/mol. The smallest absolute Gasteiger partial charge is 0.407 e. The maximum Gasteiger partial charge on any atom is 0.407 e. The van der Waals surface area contributed by atoms with Gasteiger partial charge in [-0.1, -0.05) is 87.0 Å². The highest BCUT2D eigenvalue weighted by atomic mass is 16.6. The van der Waals surface area contributed by atoms with Gasteiger partial charge in [0.1, 0.15) is 30.0 Å². The highest BCUT2D eigenvalue weighted by Crippen LogP contribution is 2.65. The summed E-state index contributed by atoms with van der Waals surface area (Å²) in [4.78, 5) is 110. The van der Waals surface area contributed by atoms with E-state index >= 15 is 4.79 Å². The lowest BCUT2D eigenvalue weighted by Gasteiger charge is -2.67. The minimum atomic E-state index is -2.50. The van der Waals surface area contributed by atoms with E-state index in [2.05, 4.69) is 10.6 Å². The number of Topliss-reactive ketones (excluding diaryl/α,β-unsaturated/α-hetero) is 1. The summed E-state index contributed by atoms with van der Waals surface area (Å²) in [6.45, 7) is 7.82. The largest absolute Gasteiger partial charge is 0.481 e. The Morgan fingerprint density at radius 3 is 1.99 bits per heavy atom. The second-order valence-electron chi connectivity index (χ2n) is 19.9. The number of aliphatic hydroxyl groups is 2. The third-order valence-corrected chi connectivity index (χ3v) is 15.0. The van der Waals surface area contributed by atoms with Crippen LogP contribution in [0.25, 0.3) is 0 Å². The van der Waals surface area contributed by atoms with Crippen LogP contribution in [0.1, 0.15) is 112 Å². The minimum absolute atomic E-state index is 0.0180. The number of nitrogens with one attached hydrogen (secondary N) is 2. The van der Waals surface area contributed by atoms with E-state index in [0.717, 1.165) is 13.8 Å². The van der Waals surface area contributed by atoms with Crippen molar-refractivity contribution in [2.75, 3.05) is 13.2 Å². The molecule has 3 fully saturated rings. The number of aliphatic carboxylic acids is 1. The van der Waals surface area contributed by atoms with Crippen molar-refractivity contribution in [1.29, 1.82) is 0 Å². The molecule has 3 aromatic carbocycles. The molecule has 0 aromatic heterocycles. The molecule has 11 atom stereocenters. The van der Waals surface area contributed by atoms with E-state index in [4.69, 9.17) is 33.5 Å². The third-order valence-electron chi connectivity index (χ3n) is 15.0. The Bertz CT molecular complexity index is 2620. The van der Waals surface area contributed by atoms with Gasteiger partial charge in [-0.3, -0.25) is 24.0 Å². The van der Waals surface area contributed by atoms with Crippen LogP contribution in [-0.2, 0) is 52.4 Å². The number of carbonyl (C=O) groups is 8. The molecule has 7 rings (SSSR count). The number of aliphatic hydroxyl groups excluding tert-OH is 1. The molecule has 390 valence electrons. The number of hydrogen-bond acceptors (Lipinski definition) is 16. The summed E-state index contributed by atoms with van der Waals surface area (Å²) < 4.78 is 37.1. The lowest BCUT2D eigenvalue weighted by atomic mass is 9.44. The molecule has 5 N–H and O–H groups in total. The van der Waals surface area contributed by atoms with Gasteiger partial charge in [0.15, 0.2) is 23.6 Å². The maximum atomic E-state index is 16.2. The van der Waals surface area contributed by atoms with Crippen LogP contribution in [-0.4, -0.2) is 124 Å². The van der Waals surface area contributed by atoms with E-state index in [1.807, 2.05) is 0 Å². The lowest BCUT2D eigenvalue weighted by Crippen LogP contribution is -2.82. The third kappa shape index (κ3) is 10.5. The Kier molecular flexibility index (Phi) is 16.0. The SMILES string of the molecule is CC(=O)OC1C(=O)[C@@]2(C)C(C(OC(=O)c3ccccc3)[C@]3(O)C[C@H](OC(=O)[C@H](O)[C@@H](NC(=O)c4ccccc4)c4ccccc4)C(C)=C1C3(C)C)[C@]1(OC(C)=O)COC1C[C@@H]2OC(=O)NCCCCCC(=O)O. The van der Waals surface area contributed by atoms with Gasteiger partial charge < -0.3 is 54.4 Å². The second-order valence-corrected chi connectivity index (χ2v) is 19.9. The quantitative estimate of drug-likeness (QED) is 0.0508. The molecule has 2 saturated carbocycles. The summed E-state index contributed by atoms with van der Waals surface area (Å²) in [7, 11) is 0. The fourth-order valence-electron chi connectivity index (χ4n) is 11.3. The van der Waals surface area contributed by atoms with Crippen molar-refractivity contribution < 1.29 is 82.1 Å². The van der Waals surface area contributed by atoms with Gasteiger partial charge in [-0.2, -0.15) is 0 Å². The standard InChI is InChI=1S/C54H62N2O17/c1-30-36(70-49(65)42(61)41(33-19-11-7-12-20-33)56-47(63)34-21-13-8-14-22-34)28-54(67)46(72-48(64)35-23-15-9-16-24-35)44-52(6,45(62)43(69-31(2)57)40(30)51(54,4)5)37(27-38-53(44,29-68-38)73-32(3)58)71-50(66)55-26-18-10-17-25-39(59)60/h7-9,11-16,19-24,36-38,41-44,46,61,67H,10,17-18,25-29H2,1-6H3,(H,55,66)(H,56,63)(H,59,60)/t36-,37-,38?,41-,42+,43?,44?,46?,52+,53-,54+/m0/s1. The second kappa shape index (κ2) is 21.6. The first-order valence-corrected chi connectivity index (χ1v) is 24.2. The molecule has 1 saturated heterocycles. The number of carboxylic acid groups (broad SMARTS) is 1. The Morgan fingerprint density at radius 2 is 1.41 bits per heavy atom. The molecule has 4 aliphatic rings. The van der Waals surface area contributed by atoms with Gasteiger partial charge in [-0.15, -0.1) is 0 Å². The first-order chi connectivity index (χ1) is 34.6. The first kappa shape index (κ1) is 53.8. The molecule has 2 bridgehead atoms. The van der Waals surface area contributed by atoms with Gasteiger partial charge in [-0.25, -0.2) is 14.4 Å². The number of ketones is 1. The van der Waals surface area contributed by atoms with Crippen LogP contribution in [0.15, 0.2) is 102 Å². The van der Waals surface area contributed by atoms with E-state index in [-0.39, 0.29) is 41.7 Å². The predicted octanol–water partition coefficient (Wildman–Crippen LogP) is 5.11. The zero-order chi connectivity index (χ0) is 53.0. The van der Waals surface area contributed by atoms with Gasteiger partial charge in [0, 0.05) is 50.6 Å². The summed E-state index contributed by atoms with van der Waals surface area (Å²) in [5.41, 5.74) is -7.70. The van der Waals surface area contributed by atoms with Crippen LogP contribution in [0.3, 0.4) is 0 Å². The van der Waals surface area contributed by atoms with Crippen LogP contribution in [0.5, 0.6) is 0 Å². The fraction of sp³-hybridized carbons (Fsp3) is 0.481. The Hall–Kier alpha value is -6.96. The number of unbranched alkanes of at least 4 members (excludes halogenated alkanes) is 2. The molecule has 19 nitrogen and oxygen atoms in total. The van der Waals surface area contributed by atoms with Crippen molar-refractivity contribution in [2.45, 2.75) is 134 Å². The van der Waals surface area contributed by atoms with Crippen molar-refractivity contribution in [3.63, 3.8) is 0 Å². The number of amides is 2. The molecule has 3 aliphatic carbocycles. The maximum absolute atomic E-state index is 16.2. The zero-order valence-electron chi connectivity index (χ0n) is 41.5. The number of carboxylic acids is 1. The normalized spacial score (nSPS) is 28.6. The Labute approximate surface area is 421 Å².